The fourth-order valence-corrected chi connectivity index (χ4v) is 1.64. The number of H-pyrrole nitrogens is 1. The van der Waals surface area contributed by atoms with Crippen LogP contribution in [0.15, 0.2) is 12.1 Å². The molecular formula is C11H13ClN2. The van der Waals surface area contributed by atoms with E-state index in [2.05, 4.69) is 23.8 Å². The van der Waals surface area contributed by atoms with Crippen molar-refractivity contribution < 1.29 is 0 Å². The van der Waals surface area contributed by atoms with Crippen molar-refractivity contribution in [3.8, 4) is 0 Å². The van der Waals surface area contributed by atoms with Crippen LogP contribution in [0.4, 0.5) is 0 Å². The van der Waals surface area contributed by atoms with Gasteiger partial charge in [0.15, 0.2) is 0 Å². The minimum absolute atomic E-state index is 0.417. The summed E-state index contributed by atoms with van der Waals surface area (Å²) in [6.45, 7) is 6.25. The molecule has 14 heavy (non-hydrogen) atoms. The van der Waals surface area contributed by atoms with Crippen LogP contribution in [0.5, 0.6) is 0 Å². The lowest BCUT2D eigenvalue weighted by Gasteiger charge is -1.98. The molecule has 0 fully saturated rings. The first-order valence-corrected chi connectivity index (χ1v) is 5.12. The summed E-state index contributed by atoms with van der Waals surface area (Å²) in [6, 6.07) is 3.84. The standard InChI is InChI=1S/C11H13ClN2/c1-6(2)11-13-9-5-4-8(12)7(3)10(9)14-11/h4-6H,1-3H3,(H,13,14). The first-order chi connectivity index (χ1) is 6.59. The number of aromatic amines is 1. The van der Waals surface area contributed by atoms with Gasteiger partial charge in [0.05, 0.1) is 11.0 Å². The van der Waals surface area contributed by atoms with E-state index in [1.54, 1.807) is 0 Å². The van der Waals surface area contributed by atoms with E-state index in [0.717, 1.165) is 27.4 Å². The number of rotatable bonds is 1. The fourth-order valence-electron chi connectivity index (χ4n) is 1.48. The molecule has 1 heterocycles. The van der Waals surface area contributed by atoms with Gasteiger partial charge in [0, 0.05) is 10.9 Å². The summed E-state index contributed by atoms with van der Waals surface area (Å²) in [7, 11) is 0. The molecule has 3 heteroatoms. The molecule has 0 radical (unpaired) electrons. The van der Waals surface area contributed by atoms with Gasteiger partial charge in [-0.15, -0.1) is 0 Å². The Morgan fingerprint density at radius 2 is 2.07 bits per heavy atom. The van der Waals surface area contributed by atoms with Crippen molar-refractivity contribution in [1.29, 1.82) is 0 Å². The SMILES string of the molecule is Cc1c(Cl)ccc2nc(C(C)C)[nH]c12. The smallest absolute Gasteiger partial charge is 0.109 e. The molecule has 1 aromatic heterocycles. The zero-order valence-electron chi connectivity index (χ0n) is 8.56. The van der Waals surface area contributed by atoms with Gasteiger partial charge >= 0.3 is 0 Å². The first-order valence-electron chi connectivity index (χ1n) is 4.74. The van der Waals surface area contributed by atoms with E-state index in [9.17, 15) is 0 Å². The maximum absolute atomic E-state index is 6.03. The highest BCUT2D eigenvalue weighted by Crippen LogP contribution is 2.25. The van der Waals surface area contributed by atoms with Crippen LogP contribution >= 0.6 is 11.6 Å². The Balaban J connectivity index is 2.71. The topological polar surface area (TPSA) is 28.7 Å². The van der Waals surface area contributed by atoms with E-state index >= 15 is 0 Å². The molecule has 0 bridgehead atoms. The Labute approximate surface area is 88.3 Å². The van der Waals surface area contributed by atoms with Gasteiger partial charge in [-0.1, -0.05) is 25.4 Å². The minimum Gasteiger partial charge on any atom is -0.341 e. The van der Waals surface area contributed by atoms with Crippen LogP contribution in [0.25, 0.3) is 11.0 Å². The highest BCUT2D eigenvalue weighted by atomic mass is 35.5. The van der Waals surface area contributed by atoms with Crippen LogP contribution in [0, 0.1) is 6.92 Å². The number of hydrogen-bond acceptors (Lipinski definition) is 1. The number of nitrogens with zero attached hydrogens (tertiary/aromatic N) is 1. The lowest BCUT2D eigenvalue weighted by Crippen LogP contribution is -1.88. The van der Waals surface area contributed by atoms with Crippen molar-refractivity contribution in [2.45, 2.75) is 26.7 Å². The average molecular weight is 209 g/mol. The molecule has 2 aromatic rings. The number of hydrogen-bond donors (Lipinski definition) is 1. The number of nitrogens with one attached hydrogen (secondary N) is 1. The van der Waals surface area contributed by atoms with Gasteiger partial charge in [-0.05, 0) is 24.6 Å². The van der Waals surface area contributed by atoms with Crippen LogP contribution in [0.2, 0.25) is 5.02 Å². The molecule has 0 saturated carbocycles. The lowest BCUT2D eigenvalue weighted by atomic mass is 10.2. The normalized spacial score (nSPS) is 11.5. The molecule has 0 amide bonds. The average Bonchev–Trinajstić information content (AvgIpc) is 2.56. The van der Waals surface area contributed by atoms with Crippen LogP contribution in [0.3, 0.4) is 0 Å². The summed E-state index contributed by atoms with van der Waals surface area (Å²) in [5.74, 6) is 1.44. The van der Waals surface area contributed by atoms with E-state index in [0.29, 0.717) is 5.92 Å². The van der Waals surface area contributed by atoms with Crippen LogP contribution < -0.4 is 0 Å². The van der Waals surface area contributed by atoms with E-state index in [4.69, 9.17) is 11.6 Å². The maximum Gasteiger partial charge on any atom is 0.109 e. The van der Waals surface area contributed by atoms with Crippen molar-refractivity contribution in [3.05, 3.63) is 28.5 Å². The molecule has 0 atom stereocenters. The van der Waals surface area contributed by atoms with Crippen molar-refractivity contribution in [2.75, 3.05) is 0 Å². The summed E-state index contributed by atoms with van der Waals surface area (Å²) >= 11 is 6.03. The highest BCUT2D eigenvalue weighted by molar-refractivity contribution is 6.32. The molecule has 0 saturated heterocycles. The van der Waals surface area contributed by atoms with Crippen molar-refractivity contribution in [3.63, 3.8) is 0 Å². The number of aryl methyl sites for hydroxylation is 1. The molecule has 0 aliphatic carbocycles. The Hall–Kier alpha value is -1.02. The molecule has 2 rings (SSSR count). The summed E-state index contributed by atoms with van der Waals surface area (Å²) in [4.78, 5) is 7.81. The molecule has 1 N–H and O–H groups in total. The molecule has 0 unspecified atom stereocenters. The van der Waals surface area contributed by atoms with E-state index in [1.807, 2.05) is 19.1 Å². The van der Waals surface area contributed by atoms with Crippen LogP contribution in [-0.2, 0) is 0 Å². The third kappa shape index (κ3) is 1.40. The number of imidazole rings is 1. The number of aromatic nitrogens is 2. The van der Waals surface area contributed by atoms with Gasteiger partial charge in [0.25, 0.3) is 0 Å². The lowest BCUT2D eigenvalue weighted by molar-refractivity contribution is 0.799. The molecule has 2 nitrogen and oxygen atoms in total. The van der Waals surface area contributed by atoms with Gasteiger partial charge in [-0.2, -0.15) is 0 Å². The third-order valence-corrected chi connectivity index (χ3v) is 2.83. The quantitative estimate of drug-likeness (QED) is 0.762. The molecule has 1 aromatic carbocycles. The zero-order valence-corrected chi connectivity index (χ0v) is 9.31. The second-order valence-electron chi connectivity index (χ2n) is 3.84. The molecule has 0 aliphatic rings. The number of benzene rings is 1. The summed E-state index contributed by atoms with van der Waals surface area (Å²) in [5.41, 5.74) is 3.13. The van der Waals surface area contributed by atoms with Crippen molar-refractivity contribution in [2.24, 2.45) is 0 Å². The van der Waals surface area contributed by atoms with E-state index in [1.165, 1.54) is 0 Å². The maximum atomic E-state index is 6.03. The molecule has 0 aliphatic heterocycles. The molecule has 74 valence electrons. The highest BCUT2D eigenvalue weighted by Gasteiger charge is 2.09. The molecular weight excluding hydrogens is 196 g/mol. The monoisotopic (exact) mass is 208 g/mol. The van der Waals surface area contributed by atoms with Crippen molar-refractivity contribution >= 4 is 22.6 Å². The Kier molecular flexibility index (Phi) is 2.23. The summed E-state index contributed by atoms with van der Waals surface area (Å²) in [6.07, 6.45) is 0. The Morgan fingerprint density at radius 1 is 1.36 bits per heavy atom. The van der Waals surface area contributed by atoms with Gasteiger partial charge in [0.1, 0.15) is 5.82 Å². The van der Waals surface area contributed by atoms with Crippen LogP contribution in [-0.4, -0.2) is 9.97 Å². The Bertz CT molecular complexity index is 471. The van der Waals surface area contributed by atoms with Crippen LogP contribution in [0.1, 0.15) is 31.2 Å². The zero-order chi connectivity index (χ0) is 10.3. The minimum atomic E-state index is 0.417. The first kappa shape index (κ1) is 9.53. The molecule has 0 spiro atoms. The number of halogens is 1. The third-order valence-electron chi connectivity index (χ3n) is 2.42. The second kappa shape index (κ2) is 3.28. The Morgan fingerprint density at radius 3 is 2.71 bits per heavy atom. The fraction of sp³-hybridized carbons (Fsp3) is 0.364. The second-order valence-corrected chi connectivity index (χ2v) is 4.25. The predicted octanol–water partition coefficient (Wildman–Crippen LogP) is 3.65. The van der Waals surface area contributed by atoms with Gasteiger partial charge in [-0.25, -0.2) is 4.98 Å². The van der Waals surface area contributed by atoms with Gasteiger partial charge in [0.2, 0.25) is 0 Å². The van der Waals surface area contributed by atoms with E-state index < -0.39 is 0 Å². The number of fused-ring (bicyclic) bond motifs is 1. The van der Waals surface area contributed by atoms with Crippen molar-refractivity contribution in [1.82, 2.24) is 9.97 Å². The van der Waals surface area contributed by atoms with Gasteiger partial charge < -0.3 is 4.98 Å². The van der Waals surface area contributed by atoms with Gasteiger partial charge in [-0.3, -0.25) is 0 Å². The summed E-state index contributed by atoms with van der Waals surface area (Å²) in [5, 5.41) is 0.788. The van der Waals surface area contributed by atoms with E-state index in [-0.39, 0.29) is 0 Å². The predicted molar refractivity (Wildman–Crippen MR) is 59.9 cm³/mol. The summed E-state index contributed by atoms with van der Waals surface area (Å²) < 4.78 is 0. The largest absolute Gasteiger partial charge is 0.341 e.